The Morgan fingerprint density at radius 3 is 2.78 bits per heavy atom. The summed E-state index contributed by atoms with van der Waals surface area (Å²) >= 11 is 3.34. The van der Waals surface area contributed by atoms with E-state index < -0.39 is 11.6 Å². The van der Waals surface area contributed by atoms with Crippen LogP contribution in [0.2, 0.25) is 0 Å². The summed E-state index contributed by atoms with van der Waals surface area (Å²) in [5.41, 5.74) is 0.220. The van der Waals surface area contributed by atoms with Gasteiger partial charge in [0.25, 0.3) is 0 Å². The molecule has 0 aromatic carbocycles. The lowest BCUT2D eigenvalue weighted by atomic mass is 9.88. The lowest BCUT2D eigenvalue weighted by Gasteiger charge is -2.36. The van der Waals surface area contributed by atoms with E-state index in [9.17, 15) is 4.79 Å². The molecule has 0 unspecified atom stereocenters. The Kier molecular flexibility index (Phi) is 4.31. The summed E-state index contributed by atoms with van der Waals surface area (Å²) in [4.78, 5) is 15.1. The van der Waals surface area contributed by atoms with Crippen LogP contribution in [0.5, 0.6) is 0 Å². The molecule has 1 aliphatic heterocycles. The minimum absolute atomic E-state index is 0.294. The molecule has 1 aromatic rings. The van der Waals surface area contributed by atoms with Crippen molar-refractivity contribution in [2.24, 2.45) is 0 Å². The summed E-state index contributed by atoms with van der Waals surface area (Å²) in [5, 5.41) is 12.0. The second-order valence-electron chi connectivity index (χ2n) is 4.29. The van der Waals surface area contributed by atoms with Crippen LogP contribution in [0, 0.1) is 0 Å². The third-order valence-corrected chi connectivity index (χ3v) is 3.55. The average Bonchev–Trinajstić information content (AvgIpc) is 2.38. The van der Waals surface area contributed by atoms with E-state index in [1.807, 2.05) is 12.1 Å². The Balaban J connectivity index is 2.22. The zero-order valence-electron chi connectivity index (χ0n) is 9.86. The lowest BCUT2D eigenvalue weighted by Crippen LogP contribution is -2.43. The van der Waals surface area contributed by atoms with Gasteiger partial charge < -0.3 is 15.2 Å². The minimum Gasteiger partial charge on any atom is -0.480 e. The fourth-order valence-electron chi connectivity index (χ4n) is 2.15. The maximum absolute atomic E-state index is 10.7. The highest BCUT2D eigenvalue weighted by atomic mass is 79.9. The Hall–Kier alpha value is -0.980. The minimum atomic E-state index is -0.954. The molecular weight excluding hydrogens is 300 g/mol. The van der Waals surface area contributed by atoms with Crippen molar-refractivity contribution in [3.63, 3.8) is 0 Å². The van der Waals surface area contributed by atoms with Crippen LogP contribution in [0.3, 0.4) is 0 Å². The Bertz CT molecular complexity index is 416. The van der Waals surface area contributed by atoms with E-state index >= 15 is 0 Å². The van der Waals surface area contributed by atoms with Gasteiger partial charge >= 0.3 is 5.97 Å². The van der Waals surface area contributed by atoms with Crippen molar-refractivity contribution >= 4 is 21.9 Å². The number of carboxylic acids is 1. The van der Waals surface area contributed by atoms with Gasteiger partial charge in [0.2, 0.25) is 0 Å². The standard InChI is InChI=1S/C12H15BrN2O3/c13-9-1-2-10(15-7-9)12(18-8-11(16)17)3-5-14-6-4-12/h1-2,7,14H,3-6,8H2,(H,16,17). The van der Waals surface area contributed by atoms with Crippen molar-refractivity contribution in [1.29, 1.82) is 0 Å². The molecule has 0 atom stereocenters. The van der Waals surface area contributed by atoms with E-state index in [0.29, 0.717) is 0 Å². The van der Waals surface area contributed by atoms with Gasteiger partial charge in [-0.05, 0) is 54.0 Å². The van der Waals surface area contributed by atoms with Crippen LogP contribution in [0.25, 0.3) is 0 Å². The second-order valence-corrected chi connectivity index (χ2v) is 5.20. The number of piperidine rings is 1. The van der Waals surface area contributed by atoms with Crippen molar-refractivity contribution in [3.05, 3.63) is 28.5 Å². The van der Waals surface area contributed by atoms with Crippen LogP contribution in [0.1, 0.15) is 18.5 Å². The number of nitrogens with one attached hydrogen (secondary N) is 1. The molecule has 6 heteroatoms. The molecule has 0 bridgehead atoms. The average molecular weight is 315 g/mol. The summed E-state index contributed by atoms with van der Waals surface area (Å²) in [6, 6.07) is 3.79. The van der Waals surface area contributed by atoms with Gasteiger partial charge in [0.1, 0.15) is 12.2 Å². The zero-order chi connectivity index (χ0) is 13.0. The molecule has 1 aromatic heterocycles. The van der Waals surface area contributed by atoms with Gasteiger partial charge in [-0.3, -0.25) is 4.98 Å². The summed E-state index contributed by atoms with van der Waals surface area (Å²) < 4.78 is 6.54. The molecular formula is C12H15BrN2O3. The van der Waals surface area contributed by atoms with Gasteiger partial charge in [-0.15, -0.1) is 0 Å². The Morgan fingerprint density at radius 2 is 2.22 bits per heavy atom. The van der Waals surface area contributed by atoms with Crippen LogP contribution in [-0.4, -0.2) is 35.8 Å². The summed E-state index contributed by atoms with van der Waals surface area (Å²) in [5.74, 6) is -0.954. The van der Waals surface area contributed by atoms with Crippen LogP contribution in [0.15, 0.2) is 22.8 Å². The number of ether oxygens (including phenoxy) is 1. The van der Waals surface area contributed by atoms with E-state index in [0.717, 1.165) is 36.1 Å². The van der Waals surface area contributed by atoms with Gasteiger partial charge in [-0.2, -0.15) is 0 Å². The predicted molar refractivity (Wildman–Crippen MR) is 69.3 cm³/mol. The number of nitrogens with zero attached hydrogens (tertiary/aromatic N) is 1. The molecule has 0 radical (unpaired) electrons. The van der Waals surface area contributed by atoms with Crippen LogP contribution < -0.4 is 5.32 Å². The first kappa shape index (κ1) is 13.5. The van der Waals surface area contributed by atoms with E-state index in [-0.39, 0.29) is 6.61 Å². The van der Waals surface area contributed by atoms with Crippen molar-refractivity contribution in [2.75, 3.05) is 19.7 Å². The maximum atomic E-state index is 10.7. The summed E-state index contributed by atoms with van der Waals surface area (Å²) in [6.07, 6.45) is 3.17. The van der Waals surface area contributed by atoms with Crippen LogP contribution in [-0.2, 0) is 15.1 Å². The van der Waals surface area contributed by atoms with Crippen molar-refractivity contribution in [2.45, 2.75) is 18.4 Å². The molecule has 0 amide bonds. The number of aliphatic carboxylic acids is 1. The lowest BCUT2D eigenvalue weighted by molar-refractivity contribution is -0.153. The van der Waals surface area contributed by atoms with Gasteiger partial charge in [-0.1, -0.05) is 0 Å². The van der Waals surface area contributed by atoms with Gasteiger partial charge in [0.15, 0.2) is 0 Å². The molecule has 5 nitrogen and oxygen atoms in total. The first-order valence-electron chi connectivity index (χ1n) is 5.81. The normalized spacial score (nSPS) is 18.5. The van der Waals surface area contributed by atoms with Crippen molar-refractivity contribution < 1.29 is 14.6 Å². The van der Waals surface area contributed by atoms with Gasteiger partial charge in [-0.25, -0.2) is 4.79 Å². The summed E-state index contributed by atoms with van der Waals surface area (Å²) in [6.45, 7) is 1.31. The molecule has 98 valence electrons. The largest absolute Gasteiger partial charge is 0.480 e. The molecule has 2 rings (SSSR count). The third kappa shape index (κ3) is 3.07. The van der Waals surface area contributed by atoms with E-state index in [1.165, 1.54) is 0 Å². The molecule has 0 aliphatic carbocycles. The summed E-state index contributed by atoms with van der Waals surface area (Å²) in [7, 11) is 0. The molecule has 2 N–H and O–H groups in total. The number of carbonyl (C=O) groups is 1. The maximum Gasteiger partial charge on any atom is 0.329 e. The van der Waals surface area contributed by atoms with E-state index in [1.54, 1.807) is 6.20 Å². The van der Waals surface area contributed by atoms with E-state index in [4.69, 9.17) is 9.84 Å². The van der Waals surface area contributed by atoms with E-state index in [2.05, 4.69) is 26.2 Å². The molecule has 0 spiro atoms. The van der Waals surface area contributed by atoms with Crippen molar-refractivity contribution in [3.8, 4) is 0 Å². The number of hydrogen-bond acceptors (Lipinski definition) is 4. The number of carboxylic acid groups (broad SMARTS) is 1. The number of pyridine rings is 1. The number of rotatable bonds is 4. The number of hydrogen-bond donors (Lipinski definition) is 2. The van der Waals surface area contributed by atoms with Crippen LogP contribution in [0.4, 0.5) is 0 Å². The zero-order valence-corrected chi connectivity index (χ0v) is 11.4. The first-order chi connectivity index (χ1) is 8.62. The monoisotopic (exact) mass is 314 g/mol. The van der Waals surface area contributed by atoms with Gasteiger partial charge in [0, 0.05) is 10.7 Å². The Morgan fingerprint density at radius 1 is 1.50 bits per heavy atom. The highest BCUT2D eigenvalue weighted by Crippen LogP contribution is 2.33. The fourth-order valence-corrected chi connectivity index (χ4v) is 2.38. The molecule has 0 saturated carbocycles. The van der Waals surface area contributed by atoms with Crippen LogP contribution >= 0.6 is 15.9 Å². The molecule has 1 fully saturated rings. The highest BCUT2D eigenvalue weighted by Gasteiger charge is 2.36. The quantitative estimate of drug-likeness (QED) is 0.881. The topological polar surface area (TPSA) is 71.5 Å². The molecule has 2 heterocycles. The molecule has 1 aliphatic rings. The SMILES string of the molecule is O=C(O)COC1(c2ccc(Br)cn2)CCNCC1. The predicted octanol–water partition coefficient (Wildman–Crippen LogP) is 1.52. The number of aromatic nitrogens is 1. The smallest absolute Gasteiger partial charge is 0.329 e. The first-order valence-corrected chi connectivity index (χ1v) is 6.60. The molecule has 18 heavy (non-hydrogen) atoms. The Labute approximate surface area is 114 Å². The number of halogens is 1. The third-order valence-electron chi connectivity index (χ3n) is 3.08. The fraction of sp³-hybridized carbons (Fsp3) is 0.500. The van der Waals surface area contributed by atoms with Gasteiger partial charge in [0.05, 0.1) is 5.69 Å². The highest BCUT2D eigenvalue weighted by molar-refractivity contribution is 9.10. The van der Waals surface area contributed by atoms with Crippen molar-refractivity contribution in [1.82, 2.24) is 10.3 Å². The second kappa shape index (κ2) is 5.77. The molecule has 1 saturated heterocycles.